The van der Waals surface area contributed by atoms with Gasteiger partial charge in [0.25, 0.3) is 0 Å². The molecule has 0 aromatic heterocycles. The molecular formula is C15H29NO3. The minimum Gasteiger partial charge on any atom is -0.395 e. The van der Waals surface area contributed by atoms with Crippen LogP contribution in [-0.2, 0) is 9.47 Å². The summed E-state index contributed by atoms with van der Waals surface area (Å²) in [7, 11) is 0. The summed E-state index contributed by atoms with van der Waals surface area (Å²) in [5.74, 6) is 0. The number of nitrogens with zero attached hydrogens (tertiary/aromatic N) is 1. The molecule has 0 radical (unpaired) electrons. The molecule has 2 unspecified atom stereocenters. The van der Waals surface area contributed by atoms with Gasteiger partial charge in [-0.05, 0) is 25.7 Å². The molecule has 2 rings (SSSR count). The molecule has 19 heavy (non-hydrogen) atoms. The Kier molecular flexibility index (Phi) is 5.63. The SMILES string of the molecule is CCC(CC)N(CCO)C1CCOC2(CCOC2)C1. The van der Waals surface area contributed by atoms with E-state index >= 15 is 0 Å². The van der Waals surface area contributed by atoms with Crippen LogP contribution in [0.1, 0.15) is 46.0 Å². The largest absolute Gasteiger partial charge is 0.395 e. The maximum Gasteiger partial charge on any atom is 0.0951 e. The summed E-state index contributed by atoms with van der Waals surface area (Å²) >= 11 is 0. The minimum atomic E-state index is -0.0390. The van der Waals surface area contributed by atoms with Gasteiger partial charge in [0.2, 0.25) is 0 Å². The Bertz CT molecular complexity index is 262. The van der Waals surface area contributed by atoms with Crippen molar-refractivity contribution in [2.75, 3.05) is 33.0 Å². The molecule has 0 aromatic rings. The van der Waals surface area contributed by atoms with Gasteiger partial charge in [-0.25, -0.2) is 0 Å². The summed E-state index contributed by atoms with van der Waals surface area (Å²) in [6, 6.07) is 1.11. The maximum atomic E-state index is 9.37. The predicted octanol–water partition coefficient (Wildman–Crippen LogP) is 1.81. The molecular weight excluding hydrogens is 242 g/mol. The van der Waals surface area contributed by atoms with Crippen molar-refractivity contribution in [3.05, 3.63) is 0 Å². The summed E-state index contributed by atoms with van der Waals surface area (Å²) in [5, 5.41) is 9.37. The quantitative estimate of drug-likeness (QED) is 0.800. The highest BCUT2D eigenvalue weighted by Gasteiger charge is 2.43. The lowest BCUT2D eigenvalue weighted by Gasteiger charge is -2.44. The first kappa shape index (κ1) is 15.2. The third-order valence-electron chi connectivity index (χ3n) is 4.77. The summed E-state index contributed by atoms with van der Waals surface area (Å²) < 4.78 is 11.6. The van der Waals surface area contributed by atoms with E-state index in [4.69, 9.17) is 9.47 Å². The normalized spacial score (nSPS) is 31.7. The van der Waals surface area contributed by atoms with Crippen LogP contribution in [0.15, 0.2) is 0 Å². The first-order valence-corrected chi connectivity index (χ1v) is 7.83. The van der Waals surface area contributed by atoms with Gasteiger partial charge in [0.1, 0.15) is 0 Å². The number of rotatable bonds is 6. The molecule has 2 aliphatic heterocycles. The van der Waals surface area contributed by atoms with E-state index in [1.807, 2.05) is 0 Å². The zero-order valence-electron chi connectivity index (χ0n) is 12.4. The maximum absolute atomic E-state index is 9.37. The van der Waals surface area contributed by atoms with Crippen molar-refractivity contribution in [3.63, 3.8) is 0 Å². The average Bonchev–Trinajstić information content (AvgIpc) is 2.87. The lowest BCUT2D eigenvalue weighted by molar-refractivity contribution is -0.112. The van der Waals surface area contributed by atoms with Crippen molar-refractivity contribution in [2.24, 2.45) is 0 Å². The molecule has 1 spiro atoms. The molecule has 0 saturated carbocycles. The number of hydrogen-bond donors (Lipinski definition) is 1. The summed E-state index contributed by atoms with van der Waals surface area (Å²) in [6.07, 6.45) is 5.47. The van der Waals surface area contributed by atoms with Crippen LogP contribution >= 0.6 is 0 Å². The van der Waals surface area contributed by atoms with Crippen LogP contribution in [0.25, 0.3) is 0 Å². The lowest BCUT2D eigenvalue weighted by atomic mass is 9.88. The van der Waals surface area contributed by atoms with Gasteiger partial charge in [-0.15, -0.1) is 0 Å². The fraction of sp³-hybridized carbons (Fsp3) is 1.00. The first-order chi connectivity index (χ1) is 9.24. The van der Waals surface area contributed by atoms with Crippen molar-refractivity contribution < 1.29 is 14.6 Å². The van der Waals surface area contributed by atoms with Crippen LogP contribution in [0.2, 0.25) is 0 Å². The zero-order chi connectivity index (χ0) is 13.7. The van der Waals surface area contributed by atoms with E-state index in [1.54, 1.807) is 0 Å². The molecule has 4 heteroatoms. The van der Waals surface area contributed by atoms with Gasteiger partial charge in [-0.3, -0.25) is 4.90 Å². The van der Waals surface area contributed by atoms with E-state index in [9.17, 15) is 5.11 Å². The van der Waals surface area contributed by atoms with Gasteiger partial charge in [0.05, 0.1) is 18.8 Å². The van der Waals surface area contributed by atoms with E-state index in [1.165, 1.54) is 0 Å². The number of hydrogen-bond acceptors (Lipinski definition) is 4. The van der Waals surface area contributed by atoms with Gasteiger partial charge in [0, 0.05) is 38.3 Å². The number of ether oxygens (including phenoxy) is 2. The molecule has 2 heterocycles. The standard InChI is InChI=1S/C15H29NO3/c1-3-13(4-2)16(7-8-17)14-5-9-19-15(11-14)6-10-18-12-15/h13-14,17H,3-12H2,1-2H3. The molecule has 1 N–H and O–H groups in total. The highest BCUT2D eigenvalue weighted by atomic mass is 16.6. The predicted molar refractivity (Wildman–Crippen MR) is 75.3 cm³/mol. The van der Waals surface area contributed by atoms with Crippen molar-refractivity contribution in [1.29, 1.82) is 0 Å². The second-order valence-electron chi connectivity index (χ2n) is 5.91. The number of aliphatic hydroxyl groups is 1. The average molecular weight is 271 g/mol. The van der Waals surface area contributed by atoms with Gasteiger partial charge in [0.15, 0.2) is 0 Å². The second kappa shape index (κ2) is 7.02. The first-order valence-electron chi connectivity index (χ1n) is 7.83. The Balaban J connectivity index is 2.03. The Morgan fingerprint density at radius 3 is 2.68 bits per heavy atom. The molecule has 0 amide bonds. The van der Waals surface area contributed by atoms with Crippen LogP contribution in [0.3, 0.4) is 0 Å². The second-order valence-corrected chi connectivity index (χ2v) is 5.91. The summed E-state index contributed by atoms with van der Waals surface area (Å²) in [6.45, 7) is 7.93. The summed E-state index contributed by atoms with van der Waals surface area (Å²) in [5.41, 5.74) is -0.0390. The van der Waals surface area contributed by atoms with Gasteiger partial charge in [-0.2, -0.15) is 0 Å². The Labute approximate surface area is 117 Å². The molecule has 0 aromatic carbocycles. The molecule has 2 fully saturated rings. The smallest absolute Gasteiger partial charge is 0.0951 e. The fourth-order valence-electron chi connectivity index (χ4n) is 3.68. The molecule has 2 saturated heterocycles. The van der Waals surface area contributed by atoms with E-state index in [0.29, 0.717) is 12.1 Å². The Morgan fingerprint density at radius 2 is 2.11 bits per heavy atom. The molecule has 2 aliphatic rings. The molecule has 0 aliphatic carbocycles. The zero-order valence-corrected chi connectivity index (χ0v) is 12.4. The lowest BCUT2D eigenvalue weighted by Crippen LogP contribution is -2.52. The van der Waals surface area contributed by atoms with E-state index in [2.05, 4.69) is 18.7 Å². The van der Waals surface area contributed by atoms with E-state index in [-0.39, 0.29) is 12.2 Å². The van der Waals surface area contributed by atoms with Crippen molar-refractivity contribution >= 4 is 0 Å². The summed E-state index contributed by atoms with van der Waals surface area (Å²) in [4.78, 5) is 2.52. The van der Waals surface area contributed by atoms with Crippen molar-refractivity contribution in [1.82, 2.24) is 4.90 Å². The number of aliphatic hydroxyl groups excluding tert-OH is 1. The third kappa shape index (κ3) is 3.48. The Hall–Kier alpha value is -0.160. The van der Waals surface area contributed by atoms with Crippen LogP contribution in [0.5, 0.6) is 0 Å². The van der Waals surface area contributed by atoms with Crippen molar-refractivity contribution in [2.45, 2.75) is 63.6 Å². The van der Waals surface area contributed by atoms with Gasteiger partial charge >= 0.3 is 0 Å². The molecule has 0 bridgehead atoms. The molecule has 2 atom stereocenters. The molecule has 4 nitrogen and oxygen atoms in total. The highest BCUT2D eigenvalue weighted by molar-refractivity contribution is 4.94. The van der Waals surface area contributed by atoms with Gasteiger partial charge < -0.3 is 14.6 Å². The monoisotopic (exact) mass is 271 g/mol. The minimum absolute atomic E-state index is 0.0390. The molecule has 112 valence electrons. The fourth-order valence-corrected chi connectivity index (χ4v) is 3.68. The van der Waals surface area contributed by atoms with Crippen LogP contribution in [-0.4, -0.2) is 60.7 Å². The van der Waals surface area contributed by atoms with Gasteiger partial charge in [-0.1, -0.05) is 13.8 Å². The van der Waals surface area contributed by atoms with Crippen LogP contribution in [0.4, 0.5) is 0 Å². The highest BCUT2D eigenvalue weighted by Crippen LogP contribution is 2.35. The van der Waals surface area contributed by atoms with E-state index < -0.39 is 0 Å². The Morgan fingerprint density at radius 1 is 1.32 bits per heavy atom. The van der Waals surface area contributed by atoms with E-state index in [0.717, 1.165) is 58.5 Å². The van der Waals surface area contributed by atoms with Crippen molar-refractivity contribution in [3.8, 4) is 0 Å². The van der Waals surface area contributed by atoms with Crippen LogP contribution in [0, 0.1) is 0 Å². The topological polar surface area (TPSA) is 41.9 Å². The van der Waals surface area contributed by atoms with Crippen LogP contribution < -0.4 is 0 Å². The third-order valence-corrected chi connectivity index (χ3v) is 4.77.